The van der Waals surface area contributed by atoms with Crippen LogP contribution in [0.3, 0.4) is 0 Å². The molecule has 0 saturated carbocycles. The maximum atomic E-state index is 3.72. The summed E-state index contributed by atoms with van der Waals surface area (Å²) in [5.41, 5.74) is 1.20. The van der Waals surface area contributed by atoms with Crippen molar-refractivity contribution in [2.24, 2.45) is 0 Å². The van der Waals surface area contributed by atoms with Crippen molar-refractivity contribution in [1.82, 2.24) is 4.98 Å². The smallest absolute Gasteiger partial charge is 0.394 e. The quantitative estimate of drug-likeness (QED) is 0.652. The van der Waals surface area contributed by atoms with E-state index in [0.29, 0.717) is 0 Å². The van der Waals surface area contributed by atoms with Crippen molar-refractivity contribution in [3.8, 4) is 0 Å². The molecule has 0 bridgehead atoms. The average molecular weight is 330 g/mol. The molecule has 1 rings (SSSR count). The van der Waals surface area contributed by atoms with Gasteiger partial charge in [-0.25, -0.2) is 0 Å². The normalized spacial score (nSPS) is 7.62. The van der Waals surface area contributed by atoms with E-state index < -0.39 is 0 Å². The molecule has 0 atom stereocenters. The molecule has 0 aromatic carbocycles. The van der Waals surface area contributed by atoms with Gasteiger partial charge in [0.15, 0.2) is 0 Å². The summed E-state index contributed by atoms with van der Waals surface area (Å²) < 4.78 is 0. The van der Waals surface area contributed by atoms with Gasteiger partial charge in [0.25, 0.3) is 0 Å². The second kappa shape index (κ2) is 4.12. The van der Waals surface area contributed by atoms with Crippen LogP contribution in [0.5, 0.6) is 0 Å². The Morgan fingerprint density at radius 2 is 2.38 bits per heavy atom. The number of hydrogen-bond acceptors (Lipinski definition) is 1. The van der Waals surface area contributed by atoms with Crippen LogP contribution in [0.1, 0.15) is 5.56 Å². The van der Waals surface area contributed by atoms with Crippen molar-refractivity contribution >= 4 is 0 Å². The summed E-state index contributed by atoms with van der Waals surface area (Å²) in [6.07, 6.45) is 4.44. The first-order valence-electron chi connectivity index (χ1n) is 2.18. The van der Waals surface area contributed by atoms with E-state index in [0.717, 1.165) is 0 Å². The summed E-state index contributed by atoms with van der Waals surface area (Å²) in [7, 11) is 0. The van der Waals surface area contributed by atoms with Gasteiger partial charge >= 0.3 is 31.1 Å². The molecule has 0 radical (unpaired) electrons. The van der Waals surface area contributed by atoms with E-state index in [2.05, 4.69) is 11.2 Å². The second-order valence-corrected chi connectivity index (χ2v) is 1.46. The molecular formula is C6H6NU+. The molecule has 0 amide bonds. The summed E-state index contributed by atoms with van der Waals surface area (Å²) in [6, 6.07) is 3.79. The monoisotopic (exact) mass is 330 g/mol. The van der Waals surface area contributed by atoms with Crippen LogP contribution in [0.25, 0.3) is 0 Å². The van der Waals surface area contributed by atoms with Gasteiger partial charge in [0.2, 0.25) is 0 Å². The van der Waals surface area contributed by atoms with Crippen LogP contribution in [-0.2, 0) is 0 Å². The van der Waals surface area contributed by atoms with E-state index in [4.69, 9.17) is 0 Å². The Morgan fingerprint density at radius 1 is 1.62 bits per heavy atom. The Kier molecular flexibility index (Phi) is 4.22. The first kappa shape index (κ1) is 8.20. The third-order valence-electron chi connectivity index (χ3n) is 0.779. The van der Waals surface area contributed by atoms with Gasteiger partial charge < -0.3 is 4.98 Å². The summed E-state index contributed by atoms with van der Waals surface area (Å²) in [5, 5.41) is 0. The molecule has 0 saturated heterocycles. The average Bonchev–Trinajstić information content (AvgIpc) is 1.69. The zero-order chi connectivity index (χ0) is 5.11. The molecule has 38 valence electrons. The van der Waals surface area contributed by atoms with E-state index >= 15 is 0 Å². The topological polar surface area (TPSA) is 12.9 Å². The predicted molar refractivity (Wildman–Crippen MR) is 27.8 cm³/mol. The zero-order valence-corrected chi connectivity index (χ0v) is 8.84. The molecule has 1 nitrogen and oxygen atoms in total. The molecule has 0 aliphatic carbocycles. The van der Waals surface area contributed by atoms with Gasteiger partial charge in [0.1, 0.15) is 0 Å². The van der Waals surface area contributed by atoms with Crippen LogP contribution in [0.4, 0.5) is 0 Å². The van der Waals surface area contributed by atoms with Crippen LogP contribution < -0.4 is 0 Å². The fourth-order valence-corrected chi connectivity index (χ4v) is 0.385. The molecule has 0 aliphatic heterocycles. The minimum absolute atomic E-state index is 0. The number of nitrogens with zero attached hydrogens (tertiary/aromatic N) is 1. The molecule has 1 heterocycles. The molecule has 0 spiro atoms. The minimum atomic E-state index is 0. The fraction of sp³-hybridized carbons (Fsp3) is 0.167. The van der Waals surface area contributed by atoms with Gasteiger partial charge in [-0.1, -0.05) is 19.3 Å². The second-order valence-electron chi connectivity index (χ2n) is 1.46. The molecular weight excluding hydrogens is 324 g/mol. The molecule has 0 unspecified atom stereocenters. The Balaban J connectivity index is 0.000000490. The molecule has 1 aromatic rings. The van der Waals surface area contributed by atoms with Gasteiger partial charge in [-0.2, -0.15) is 17.7 Å². The Labute approximate surface area is 72.9 Å². The van der Waals surface area contributed by atoms with Gasteiger partial charge in [0.05, 0.1) is 0 Å². The zero-order valence-electron chi connectivity index (χ0n) is 4.68. The first-order chi connectivity index (χ1) is 3.39. The van der Waals surface area contributed by atoms with Gasteiger partial charge in [-0.3, -0.25) is 0 Å². The van der Waals surface area contributed by atoms with Crippen molar-refractivity contribution in [1.29, 1.82) is 0 Å². The van der Waals surface area contributed by atoms with Crippen molar-refractivity contribution in [3.63, 3.8) is 0 Å². The Bertz CT molecular complexity index is 138. The van der Waals surface area contributed by atoms with E-state index in [9.17, 15) is 0 Å². The molecule has 2 heteroatoms. The standard InChI is InChI=1S/C6H6N.U/c1-6-2-4-7-5-3-6;/h2-4H,1H3;/q-1;+2. The number of aromatic nitrogens is 1. The SMILES string of the molecule is Cc1c[c-]ncc1.[U+2]. The summed E-state index contributed by atoms with van der Waals surface area (Å²) in [5.74, 6) is 0. The largest absolute Gasteiger partial charge is 2.00 e. The van der Waals surface area contributed by atoms with Crippen molar-refractivity contribution in [2.45, 2.75) is 6.92 Å². The van der Waals surface area contributed by atoms with Gasteiger partial charge in [-0.05, 0) is 0 Å². The van der Waals surface area contributed by atoms with Crippen LogP contribution >= 0.6 is 0 Å². The maximum absolute atomic E-state index is 3.72. The van der Waals surface area contributed by atoms with Crippen LogP contribution in [0.2, 0.25) is 0 Å². The molecule has 8 heavy (non-hydrogen) atoms. The molecule has 0 N–H and O–H groups in total. The van der Waals surface area contributed by atoms with Crippen molar-refractivity contribution in [3.05, 3.63) is 30.1 Å². The van der Waals surface area contributed by atoms with Crippen LogP contribution in [0, 0.1) is 44.2 Å². The Hall–Kier alpha value is 0.202. The summed E-state index contributed by atoms with van der Waals surface area (Å²) >= 11 is 0. The van der Waals surface area contributed by atoms with Gasteiger partial charge in [-0.15, -0.1) is 0 Å². The number of aryl methyl sites for hydroxylation is 1. The molecule has 0 fully saturated rings. The Morgan fingerprint density at radius 3 is 2.62 bits per heavy atom. The van der Waals surface area contributed by atoms with Gasteiger partial charge in [0, 0.05) is 0 Å². The van der Waals surface area contributed by atoms with E-state index in [1.165, 1.54) is 5.56 Å². The third kappa shape index (κ3) is 2.49. The number of pyridine rings is 1. The summed E-state index contributed by atoms with van der Waals surface area (Å²) in [4.78, 5) is 3.72. The third-order valence-corrected chi connectivity index (χ3v) is 0.779. The molecule has 0 aliphatic rings. The molecule has 1 aromatic heterocycles. The minimum Gasteiger partial charge on any atom is -0.394 e. The van der Waals surface area contributed by atoms with E-state index in [1.807, 2.05) is 19.1 Å². The van der Waals surface area contributed by atoms with E-state index in [1.54, 1.807) is 6.20 Å². The van der Waals surface area contributed by atoms with Crippen LogP contribution in [0.15, 0.2) is 18.3 Å². The van der Waals surface area contributed by atoms with Crippen molar-refractivity contribution in [2.75, 3.05) is 0 Å². The number of rotatable bonds is 0. The van der Waals surface area contributed by atoms with Crippen LogP contribution in [-0.4, -0.2) is 4.98 Å². The predicted octanol–water partition coefficient (Wildman–Crippen LogP) is 1.19. The fourth-order valence-electron chi connectivity index (χ4n) is 0.385. The summed E-state index contributed by atoms with van der Waals surface area (Å²) in [6.45, 7) is 2.01. The first-order valence-corrected chi connectivity index (χ1v) is 2.18. The van der Waals surface area contributed by atoms with E-state index in [-0.39, 0.29) is 31.1 Å². The van der Waals surface area contributed by atoms with Crippen molar-refractivity contribution < 1.29 is 31.1 Å². The number of hydrogen-bond donors (Lipinski definition) is 0. The maximum Gasteiger partial charge on any atom is 2.00 e.